The van der Waals surface area contributed by atoms with Gasteiger partial charge >= 0.3 is 0 Å². The van der Waals surface area contributed by atoms with Crippen LogP contribution in [0.5, 0.6) is 0 Å². The van der Waals surface area contributed by atoms with Crippen molar-refractivity contribution in [3.63, 3.8) is 0 Å². The lowest BCUT2D eigenvalue weighted by molar-refractivity contribution is 0.446. The highest BCUT2D eigenvalue weighted by Crippen LogP contribution is 2.31. The van der Waals surface area contributed by atoms with Gasteiger partial charge in [-0.2, -0.15) is 5.10 Å². The van der Waals surface area contributed by atoms with Crippen molar-refractivity contribution >= 4 is 9.84 Å². The minimum absolute atomic E-state index is 0.267. The van der Waals surface area contributed by atoms with Crippen molar-refractivity contribution in [2.75, 3.05) is 13.3 Å². The molecular weight excluding hydrogens is 226 g/mol. The first-order valence-electron chi connectivity index (χ1n) is 5.05. The van der Waals surface area contributed by atoms with Gasteiger partial charge in [0.15, 0.2) is 9.84 Å². The summed E-state index contributed by atoms with van der Waals surface area (Å²) in [6, 6.07) is -0.267. The lowest BCUT2D eigenvalue weighted by Gasteiger charge is -2.31. The average Bonchev–Trinajstić information content (AvgIpc) is 2.50. The summed E-state index contributed by atoms with van der Waals surface area (Å²) >= 11 is 0. The molecule has 6 heteroatoms. The van der Waals surface area contributed by atoms with Crippen LogP contribution in [0.1, 0.15) is 25.5 Å². The van der Waals surface area contributed by atoms with E-state index in [2.05, 4.69) is 10.4 Å². The molecule has 0 aliphatic heterocycles. The van der Waals surface area contributed by atoms with Crippen molar-refractivity contribution in [2.45, 2.75) is 24.6 Å². The van der Waals surface area contributed by atoms with Gasteiger partial charge in [-0.25, -0.2) is 8.42 Å². The molecule has 0 saturated carbocycles. The first-order valence-corrected chi connectivity index (χ1v) is 6.94. The molecule has 0 bridgehead atoms. The highest BCUT2D eigenvalue weighted by Gasteiger charge is 2.39. The minimum atomic E-state index is -3.15. The van der Waals surface area contributed by atoms with Crippen LogP contribution in [0.4, 0.5) is 0 Å². The van der Waals surface area contributed by atoms with Gasteiger partial charge in [-0.15, -0.1) is 0 Å². The largest absolute Gasteiger partial charge is 0.312 e. The molecule has 16 heavy (non-hydrogen) atoms. The zero-order valence-corrected chi connectivity index (χ0v) is 11.2. The number of nitrogens with one attached hydrogen (secondary N) is 1. The highest BCUT2D eigenvalue weighted by molar-refractivity contribution is 7.92. The molecule has 1 atom stereocenters. The molecule has 1 aromatic rings. The second-order valence-corrected chi connectivity index (χ2v) is 7.14. The summed E-state index contributed by atoms with van der Waals surface area (Å²) in [6.45, 7) is 3.44. The van der Waals surface area contributed by atoms with Gasteiger partial charge in [0.1, 0.15) is 0 Å². The average molecular weight is 245 g/mol. The number of aromatic nitrogens is 2. The van der Waals surface area contributed by atoms with E-state index in [1.54, 1.807) is 31.8 Å². The van der Waals surface area contributed by atoms with Gasteiger partial charge in [0.05, 0.1) is 17.0 Å². The predicted octanol–water partition coefficient (Wildman–Crippen LogP) is 0.504. The van der Waals surface area contributed by atoms with E-state index < -0.39 is 14.6 Å². The molecule has 0 aliphatic carbocycles. The Labute approximate surface area is 96.8 Å². The molecule has 0 radical (unpaired) electrons. The van der Waals surface area contributed by atoms with E-state index in [1.807, 2.05) is 13.2 Å². The smallest absolute Gasteiger partial charge is 0.154 e. The van der Waals surface area contributed by atoms with Gasteiger partial charge in [-0.05, 0) is 20.9 Å². The van der Waals surface area contributed by atoms with Crippen molar-refractivity contribution in [3.8, 4) is 0 Å². The van der Waals surface area contributed by atoms with Crippen LogP contribution in [0, 0.1) is 0 Å². The summed E-state index contributed by atoms with van der Waals surface area (Å²) in [5, 5.41) is 7.11. The molecule has 92 valence electrons. The second-order valence-electron chi connectivity index (χ2n) is 4.54. The zero-order valence-electron chi connectivity index (χ0n) is 10.4. The number of hydrogen-bond acceptors (Lipinski definition) is 4. The van der Waals surface area contributed by atoms with Crippen LogP contribution in [0.15, 0.2) is 12.4 Å². The Bertz CT molecular complexity index is 462. The SMILES string of the molecule is CNC(c1cnn(C)c1)C(C)(C)S(C)(=O)=O. The third kappa shape index (κ3) is 2.27. The fraction of sp³-hybridized carbons (Fsp3) is 0.700. The molecule has 1 N–H and O–H groups in total. The Morgan fingerprint density at radius 2 is 2.06 bits per heavy atom. The normalized spacial score (nSPS) is 15.1. The quantitative estimate of drug-likeness (QED) is 0.839. The number of hydrogen-bond donors (Lipinski definition) is 1. The molecule has 1 aromatic heterocycles. The molecule has 0 aliphatic rings. The molecule has 1 heterocycles. The third-order valence-corrected chi connectivity index (χ3v) is 5.14. The molecule has 1 rings (SSSR count). The molecule has 0 spiro atoms. The summed E-state index contributed by atoms with van der Waals surface area (Å²) < 4.78 is 24.3. The van der Waals surface area contributed by atoms with Crippen LogP contribution >= 0.6 is 0 Å². The summed E-state index contributed by atoms with van der Waals surface area (Å²) in [5.41, 5.74) is 0.875. The maximum atomic E-state index is 11.8. The van der Waals surface area contributed by atoms with Crippen LogP contribution in [0.2, 0.25) is 0 Å². The second kappa shape index (κ2) is 4.18. The summed E-state index contributed by atoms with van der Waals surface area (Å²) in [6.07, 6.45) is 4.77. The van der Waals surface area contributed by atoms with E-state index in [0.717, 1.165) is 5.56 Å². The topological polar surface area (TPSA) is 64.0 Å². The summed E-state index contributed by atoms with van der Waals surface area (Å²) in [5.74, 6) is 0. The molecule has 0 aromatic carbocycles. The van der Waals surface area contributed by atoms with Crippen molar-refractivity contribution in [3.05, 3.63) is 18.0 Å². The van der Waals surface area contributed by atoms with E-state index in [9.17, 15) is 8.42 Å². The van der Waals surface area contributed by atoms with E-state index >= 15 is 0 Å². The van der Waals surface area contributed by atoms with E-state index in [-0.39, 0.29) is 6.04 Å². The van der Waals surface area contributed by atoms with Crippen LogP contribution < -0.4 is 5.32 Å². The number of nitrogens with zero attached hydrogens (tertiary/aromatic N) is 2. The van der Waals surface area contributed by atoms with Gasteiger partial charge in [0.25, 0.3) is 0 Å². The Kier molecular flexibility index (Phi) is 3.44. The van der Waals surface area contributed by atoms with Gasteiger partial charge in [-0.3, -0.25) is 4.68 Å². The molecule has 0 amide bonds. The van der Waals surface area contributed by atoms with Gasteiger partial charge in [0.2, 0.25) is 0 Å². The fourth-order valence-corrected chi connectivity index (χ4v) is 2.40. The minimum Gasteiger partial charge on any atom is -0.312 e. The fourth-order valence-electron chi connectivity index (χ4n) is 1.72. The number of rotatable bonds is 4. The predicted molar refractivity (Wildman–Crippen MR) is 63.9 cm³/mol. The zero-order chi connectivity index (χ0) is 12.6. The van der Waals surface area contributed by atoms with E-state index in [1.165, 1.54) is 6.26 Å². The molecule has 0 saturated heterocycles. The van der Waals surface area contributed by atoms with Crippen LogP contribution in [-0.4, -0.2) is 36.2 Å². The van der Waals surface area contributed by atoms with E-state index in [0.29, 0.717) is 0 Å². The Hall–Kier alpha value is -0.880. The highest BCUT2D eigenvalue weighted by atomic mass is 32.2. The molecule has 0 fully saturated rings. The van der Waals surface area contributed by atoms with Crippen molar-refractivity contribution in [2.24, 2.45) is 7.05 Å². The van der Waals surface area contributed by atoms with Gasteiger partial charge in [0, 0.05) is 25.1 Å². The Morgan fingerprint density at radius 1 is 1.50 bits per heavy atom. The monoisotopic (exact) mass is 245 g/mol. The lowest BCUT2D eigenvalue weighted by Crippen LogP contribution is -2.43. The number of sulfone groups is 1. The Balaban J connectivity index is 3.18. The van der Waals surface area contributed by atoms with Gasteiger partial charge in [-0.1, -0.05) is 0 Å². The van der Waals surface area contributed by atoms with Crippen molar-refractivity contribution < 1.29 is 8.42 Å². The standard InChI is InChI=1S/C10H19N3O2S/c1-10(2,16(5,14)15)9(11-3)8-6-12-13(4)7-8/h6-7,9,11H,1-5H3. The first-order chi connectivity index (χ1) is 7.20. The third-order valence-electron chi connectivity index (χ3n) is 3.00. The van der Waals surface area contributed by atoms with Crippen LogP contribution in [-0.2, 0) is 16.9 Å². The molecule has 5 nitrogen and oxygen atoms in total. The Morgan fingerprint density at radius 3 is 2.38 bits per heavy atom. The summed E-state index contributed by atoms with van der Waals surface area (Å²) in [4.78, 5) is 0. The van der Waals surface area contributed by atoms with E-state index in [4.69, 9.17) is 0 Å². The maximum Gasteiger partial charge on any atom is 0.154 e. The number of aryl methyl sites for hydroxylation is 1. The van der Waals surface area contributed by atoms with Crippen molar-refractivity contribution in [1.82, 2.24) is 15.1 Å². The van der Waals surface area contributed by atoms with Crippen LogP contribution in [0.25, 0.3) is 0 Å². The molecular formula is C10H19N3O2S. The first kappa shape index (κ1) is 13.2. The summed E-state index contributed by atoms with van der Waals surface area (Å²) in [7, 11) is 0.412. The van der Waals surface area contributed by atoms with Gasteiger partial charge < -0.3 is 5.32 Å². The molecule has 1 unspecified atom stereocenters. The van der Waals surface area contributed by atoms with Crippen molar-refractivity contribution in [1.29, 1.82) is 0 Å². The maximum absolute atomic E-state index is 11.8. The lowest BCUT2D eigenvalue weighted by atomic mass is 9.98. The van der Waals surface area contributed by atoms with Crippen LogP contribution in [0.3, 0.4) is 0 Å².